The van der Waals surface area contributed by atoms with Crippen LogP contribution in [0.1, 0.15) is 4.88 Å². The van der Waals surface area contributed by atoms with Crippen molar-refractivity contribution in [2.75, 3.05) is 0 Å². The fraction of sp³-hybridized carbons (Fsp3) is 0. The predicted octanol–water partition coefficient (Wildman–Crippen LogP) is 3.26. The minimum Gasteiger partial charge on any atom is -0.477 e. The predicted molar refractivity (Wildman–Crippen MR) is 66.4 cm³/mol. The van der Waals surface area contributed by atoms with Gasteiger partial charge in [0, 0.05) is 9.58 Å². The summed E-state index contributed by atoms with van der Waals surface area (Å²) in [6.07, 6.45) is 1.57. The number of carboxylic acid groups (broad SMARTS) is 1. The average molecular weight is 236 g/mol. The quantitative estimate of drug-likeness (QED) is 0.620. The maximum absolute atomic E-state index is 10.6. The van der Waals surface area contributed by atoms with Crippen LogP contribution in [0.15, 0.2) is 35.2 Å². The molecule has 0 amide bonds. The first-order valence-electron chi connectivity index (χ1n) is 4.29. The van der Waals surface area contributed by atoms with Gasteiger partial charge in [-0.25, -0.2) is 4.79 Å². The molecule has 0 saturated heterocycles. The van der Waals surface area contributed by atoms with Gasteiger partial charge in [0.15, 0.2) is 0 Å². The molecular formula is C11H8O2S2. The standard InChI is InChI=1S/C11H8O2S2/c12-11(13)9(14)6-8-5-7-3-1-2-4-10(7)15-8/h1-6,14H,(H,12,13)/b9-6+. The normalized spacial score (nSPS) is 11.9. The number of rotatable bonds is 2. The molecule has 1 aromatic heterocycles. The van der Waals surface area contributed by atoms with Crippen molar-refractivity contribution >= 4 is 46.1 Å². The summed E-state index contributed by atoms with van der Waals surface area (Å²) in [5.41, 5.74) is 0. The first kappa shape index (κ1) is 10.3. The maximum atomic E-state index is 10.6. The lowest BCUT2D eigenvalue weighted by Gasteiger charge is -1.88. The second-order valence-corrected chi connectivity index (χ2v) is 4.62. The van der Waals surface area contributed by atoms with Crippen LogP contribution in [0, 0.1) is 0 Å². The lowest BCUT2D eigenvalue weighted by atomic mass is 10.2. The van der Waals surface area contributed by atoms with Crippen molar-refractivity contribution in [3.05, 3.63) is 40.1 Å². The Hall–Kier alpha value is -1.26. The number of hydrogen-bond acceptors (Lipinski definition) is 3. The molecule has 0 aliphatic carbocycles. The van der Waals surface area contributed by atoms with E-state index in [1.807, 2.05) is 30.3 Å². The van der Waals surface area contributed by atoms with Crippen LogP contribution in [-0.4, -0.2) is 11.1 Å². The Labute approximate surface area is 96.3 Å². The van der Waals surface area contributed by atoms with Gasteiger partial charge in [0.1, 0.15) is 0 Å². The number of carbonyl (C=O) groups is 1. The van der Waals surface area contributed by atoms with Crippen molar-refractivity contribution in [3.63, 3.8) is 0 Å². The van der Waals surface area contributed by atoms with E-state index in [4.69, 9.17) is 5.11 Å². The van der Waals surface area contributed by atoms with E-state index in [0.29, 0.717) is 0 Å². The Morgan fingerprint density at radius 1 is 1.40 bits per heavy atom. The van der Waals surface area contributed by atoms with Gasteiger partial charge in [-0.3, -0.25) is 0 Å². The summed E-state index contributed by atoms with van der Waals surface area (Å²) in [6.45, 7) is 0. The minimum atomic E-state index is -1.00. The third-order valence-corrected chi connectivity index (χ3v) is 3.33. The van der Waals surface area contributed by atoms with Gasteiger partial charge < -0.3 is 5.11 Å². The van der Waals surface area contributed by atoms with Crippen LogP contribution < -0.4 is 0 Å². The van der Waals surface area contributed by atoms with Crippen LogP contribution in [0.3, 0.4) is 0 Å². The molecule has 0 saturated carbocycles. The summed E-state index contributed by atoms with van der Waals surface area (Å²) < 4.78 is 1.15. The molecule has 1 N–H and O–H groups in total. The van der Waals surface area contributed by atoms with Crippen LogP contribution in [0.4, 0.5) is 0 Å². The number of carboxylic acids is 1. The van der Waals surface area contributed by atoms with E-state index in [-0.39, 0.29) is 4.91 Å². The summed E-state index contributed by atoms with van der Waals surface area (Å²) in [5.74, 6) is -1.00. The third-order valence-electron chi connectivity index (χ3n) is 1.94. The van der Waals surface area contributed by atoms with E-state index in [1.165, 1.54) is 0 Å². The molecule has 1 aromatic carbocycles. The Balaban J connectivity index is 2.46. The molecular weight excluding hydrogens is 228 g/mol. The zero-order valence-corrected chi connectivity index (χ0v) is 9.39. The van der Waals surface area contributed by atoms with Gasteiger partial charge in [0.25, 0.3) is 0 Å². The van der Waals surface area contributed by atoms with Gasteiger partial charge in [-0.1, -0.05) is 18.2 Å². The molecule has 2 rings (SSSR count). The summed E-state index contributed by atoms with van der Waals surface area (Å²) in [4.78, 5) is 11.5. The van der Waals surface area contributed by atoms with E-state index >= 15 is 0 Å². The van der Waals surface area contributed by atoms with E-state index in [0.717, 1.165) is 15.0 Å². The fourth-order valence-corrected chi connectivity index (χ4v) is 2.50. The minimum absolute atomic E-state index is 0.0570. The summed E-state index contributed by atoms with van der Waals surface area (Å²) in [6, 6.07) is 9.89. The van der Waals surface area contributed by atoms with Crippen LogP contribution in [0.5, 0.6) is 0 Å². The van der Waals surface area contributed by atoms with Crippen molar-refractivity contribution in [2.24, 2.45) is 0 Å². The average Bonchev–Trinajstić information content (AvgIpc) is 2.59. The van der Waals surface area contributed by atoms with Gasteiger partial charge in [-0.2, -0.15) is 0 Å². The fourth-order valence-electron chi connectivity index (χ4n) is 1.27. The first-order valence-corrected chi connectivity index (χ1v) is 5.56. The lowest BCUT2D eigenvalue weighted by molar-refractivity contribution is -0.131. The lowest BCUT2D eigenvalue weighted by Crippen LogP contribution is -1.92. The van der Waals surface area contributed by atoms with Gasteiger partial charge in [-0.15, -0.1) is 24.0 Å². The molecule has 0 aliphatic heterocycles. The van der Waals surface area contributed by atoms with Gasteiger partial charge in [0.2, 0.25) is 0 Å². The first-order chi connectivity index (χ1) is 7.16. The smallest absolute Gasteiger partial charge is 0.341 e. The van der Waals surface area contributed by atoms with E-state index in [1.54, 1.807) is 17.4 Å². The molecule has 2 aromatic rings. The molecule has 15 heavy (non-hydrogen) atoms. The maximum Gasteiger partial charge on any atom is 0.341 e. The molecule has 2 nitrogen and oxygen atoms in total. The molecule has 0 spiro atoms. The van der Waals surface area contributed by atoms with Gasteiger partial charge >= 0.3 is 5.97 Å². The molecule has 0 radical (unpaired) electrons. The number of thiol groups is 1. The van der Waals surface area contributed by atoms with Gasteiger partial charge in [-0.05, 0) is 23.6 Å². The second-order valence-electron chi connectivity index (χ2n) is 3.02. The van der Waals surface area contributed by atoms with Crippen LogP contribution in [0.2, 0.25) is 0 Å². The Bertz CT molecular complexity index is 507. The zero-order chi connectivity index (χ0) is 10.8. The highest BCUT2D eigenvalue weighted by atomic mass is 32.1. The summed E-state index contributed by atoms with van der Waals surface area (Å²) in [5, 5.41) is 9.80. The molecule has 0 unspecified atom stereocenters. The molecule has 0 fully saturated rings. The van der Waals surface area contributed by atoms with Crippen molar-refractivity contribution in [2.45, 2.75) is 0 Å². The van der Waals surface area contributed by atoms with E-state index in [2.05, 4.69) is 12.6 Å². The van der Waals surface area contributed by atoms with Crippen molar-refractivity contribution < 1.29 is 9.90 Å². The highest BCUT2D eigenvalue weighted by Gasteiger charge is 2.03. The number of thiophene rings is 1. The van der Waals surface area contributed by atoms with Gasteiger partial charge in [0.05, 0.1) is 4.91 Å². The highest BCUT2D eigenvalue weighted by molar-refractivity contribution is 7.85. The Morgan fingerprint density at radius 2 is 2.13 bits per heavy atom. The molecule has 0 bridgehead atoms. The Morgan fingerprint density at radius 3 is 2.80 bits per heavy atom. The van der Waals surface area contributed by atoms with Crippen LogP contribution in [-0.2, 0) is 4.79 Å². The number of benzene rings is 1. The topological polar surface area (TPSA) is 37.3 Å². The zero-order valence-electron chi connectivity index (χ0n) is 7.68. The second kappa shape index (κ2) is 4.08. The summed E-state index contributed by atoms with van der Waals surface area (Å²) >= 11 is 5.44. The van der Waals surface area contributed by atoms with Crippen LogP contribution in [0.25, 0.3) is 16.2 Å². The number of hydrogen-bond donors (Lipinski definition) is 2. The monoisotopic (exact) mass is 236 g/mol. The third kappa shape index (κ3) is 2.22. The number of aliphatic carboxylic acids is 1. The van der Waals surface area contributed by atoms with Crippen molar-refractivity contribution in [1.82, 2.24) is 0 Å². The van der Waals surface area contributed by atoms with E-state index in [9.17, 15) is 4.79 Å². The Kier molecular flexibility index (Phi) is 2.79. The molecule has 0 atom stereocenters. The molecule has 0 aliphatic rings. The summed E-state index contributed by atoms with van der Waals surface area (Å²) in [7, 11) is 0. The molecule has 76 valence electrons. The highest BCUT2D eigenvalue weighted by Crippen LogP contribution is 2.27. The van der Waals surface area contributed by atoms with Crippen molar-refractivity contribution in [1.29, 1.82) is 0 Å². The molecule has 1 heterocycles. The van der Waals surface area contributed by atoms with Crippen LogP contribution >= 0.6 is 24.0 Å². The SMILES string of the molecule is O=C(O)/C(S)=C\c1cc2ccccc2s1. The van der Waals surface area contributed by atoms with Crippen molar-refractivity contribution in [3.8, 4) is 0 Å². The number of fused-ring (bicyclic) bond motifs is 1. The largest absolute Gasteiger partial charge is 0.477 e. The molecule has 4 heteroatoms. The van der Waals surface area contributed by atoms with E-state index < -0.39 is 5.97 Å².